The fourth-order valence-electron chi connectivity index (χ4n) is 2.46. The molecular weight excluding hydrogens is 360 g/mol. The highest BCUT2D eigenvalue weighted by Crippen LogP contribution is 2.28. The molecule has 1 saturated heterocycles. The van der Waals surface area contributed by atoms with Crippen LogP contribution in [0.25, 0.3) is 6.08 Å². The lowest BCUT2D eigenvalue weighted by molar-refractivity contribution is -0.122. The zero-order chi connectivity index (χ0) is 18.8. The highest BCUT2D eigenvalue weighted by Gasteiger charge is 2.36. The van der Waals surface area contributed by atoms with Gasteiger partial charge in [0.15, 0.2) is 11.5 Å². The molecule has 1 aliphatic rings. The van der Waals surface area contributed by atoms with Crippen molar-refractivity contribution in [2.24, 2.45) is 0 Å². The maximum absolute atomic E-state index is 12.7. The van der Waals surface area contributed by atoms with E-state index in [1.54, 1.807) is 12.1 Å². The fraction of sp³-hybridized carbons (Fsp3) is 0.0556. The van der Waals surface area contributed by atoms with Crippen molar-refractivity contribution in [1.82, 2.24) is 5.32 Å². The summed E-state index contributed by atoms with van der Waals surface area (Å²) < 4.78 is 5.01. The minimum atomic E-state index is -0.859. The first-order chi connectivity index (χ1) is 12.4. The Kier molecular flexibility index (Phi) is 4.64. The number of methoxy groups -OCH3 is 1. The van der Waals surface area contributed by atoms with E-state index in [2.05, 4.69) is 5.32 Å². The van der Waals surface area contributed by atoms with Crippen molar-refractivity contribution in [2.75, 3.05) is 12.0 Å². The number of benzene rings is 2. The third-order valence-corrected chi connectivity index (χ3v) is 3.92. The highest BCUT2D eigenvalue weighted by molar-refractivity contribution is 6.39. The van der Waals surface area contributed by atoms with Crippen LogP contribution < -0.4 is 15.0 Å². The van der Waals surface area contributed by atoms with Crippen LogP contribution in [0.5, 0.6) is 11.5 Å². The number of ether oxygens (including phenoxy) is 1. The molecule has 0 radical (unpaired) electrons. The second-order valence-corrected chi connectivity index (χ2v) is 5.81. The summed E-state index contributed by atoms with van der Waals surface area (Å²) in [6, 6.07) is 9.63. The number of phenolic OH excluding ortho intramolecular Hbond substituents is 1. The number of rotatable bonds is 3. The van der Waals surface area contributed by atoms with Crippen molar-refractivity contribution in [3.05, 3.63) is 58.6 Å². The van der Waals surface area contributed by atoms with Crippen molar-refractivity contribution in [1.29, 1.82) is 0 Å². The SMILES string of the molecule is COc1cc(/C=C2/C(=O)NC(=O)N(c3cccc(Cl)c3)C2=O)ccc1O. The van der Waals surface area contributed by atoms with Gasteiger partial charge in [0.2, 0.25) is 0 Å². The summed E-state index contributed by atoms with van der Waals surface area (Å²) in [5.41, 5.74) is 0.442. The summed E-state index contributed by atoms with van der Waals surface area (Å²) in [5, 5.41) is 12.1. The zero-order valence-corrected chi connectivity index (χ0v) is 14.3. The second-order valence-electron chi connectivity index (χ2n) is 5.37. The lowest BCUT2D eigenvalue weighted by Gasteiger charge is -2.26. The molecule has 132 valence electrons. The van der Waals surface area contributed by atoms with Crippen LogP contribution in [0.3, 0.4) is 0 Å². The van der Waals surface area contributed by atoms with E-state index in [0.717, 1.165) is 4.90 Å². The Hall–Kier alpha value is -3.32. The average Bonchev–Trinajstić information content (AvgIpc) is 2.60. The van der Waals surface area contributed by atoms with E-state index in [1.165, 1.54) is 43.5 Å². The van der Waals surface area contributed by atoms with Crippen molar-refractivity contribution >= 4 is 41.2 Å². The Morgan fingerprint density at radius 3 is 2.62 bits per heavy atom. The summed E-state index contributed by atoms with van der Waals surface area (Å²) >= 11 is 5.91. The molecule has 0 spiro atoms. The third-order valence-electron chi connectivity index (χ3n) is 3.68. The van der Waals surface area contributed by atoms with E-state index in [-0.39, 0.29) is 22.8 Å². The Morgan fingerprint density at radius 1 is 1.15 bits per heavy atom. The van der Waals surface area contributed by atoms with E-state index in [4.69, 9.17) is 16.3 Å². The van der Waals surface area contributed by atoms with E-state index in [1.807, 2.05) is 0 Å². The molecule has 7 nitrogen and oxygen atoms in total. The molecule has 0 aromatic heterocycles. The van der Waals surface area contributed by atoms with Gasteiger partial charge in [0, 0.05) is 5.02 Å². The van der Waals surface area contributed by atoms with Crippen molar-refractivity contribution in [2.45, 2.75) is 0 Å². The van der Waals surface area contributed by atoms with Gasteiger partial charge in [0.25, 0.3) is 11.8 Å². The number of nitrogens with zero attached hydrogens (tertiary/aromatic N) is 1. The molecule has 1 fully saturated rings. The van der Waals surface area contributed by atoms with Gasteiger partial charge in [-0.15, -0.1) is 0 Å². The Morgan fingerprint density at radius 2 is 1.92 bits per heavy atom. The first kappa shape index (κ1) is 17.5. The van der Waals surface area contributed by atoms with Gasteiger partial charge in [-0.05, 0) is 42.0 Å². The Balaban J connectivity index is 2.03. The molecule has 8 heteroatoms. The summed E-state index contributed by atoms with van der Waals surface area (Å²) in [6.45, 7) is 0. The molecule has 0 aliphatic carbocycles. The van der Waals surface area contributed by atoms with E-state index < -0.39 is 17.8 Å². The molecule has 2 N–H and O–H groups in total. The van der Waals surface area contributed by atoms with Gasteiger partial charge in [0.05, 0.1) is 12.8 Å². The lowest BCUT2D eigenvalue weighted by atomic mass is 10.1. The Labute approximate surface area is 153 Å². The van der Waals surface area contributed by atoms with Gasteiger partial charge in [-0.2, -0.15) is 0 Å². The molecule has 26 heavy (non-hydrogen) atoms. The van der Waals surface area contributed by atoms with Gasteiger partial charge in [-0.25, -0.2) is 9.69 Å². The number of amides is 4. The summed E-state index contributed by atoms with van der Waals surface area (Å²) in [7, 11) is 1.38. The predicted molar refractivity (Wildman–Crippen MR) is 95.1 cm³/mol. The van der Waals surface area contributed by atoms with Crippen molar-refractivity contribution < 1.29 is 24.2 Å². The quantitative estimate of drug-likeness (QED) is 0.638. The van der Waals surface area contributed by atoms with E-state index in [9.17, 15) is 19.5 Å². The van der Waals surface area contributed by atoms with Crippen LogP contribution in [0.2, 0.25) is 5.02 Å². The third kappa shape index (κ3) is 3.25. The largest absolute Gasteiger partial charge is 0.504 e. The normalized spacial score (nSPS) is 16.0. The minimum Gasteiger partial charge on any atom is -0.504 e. The topological polar surface area (TPSA) is 95.9 Å². The minimum absolute atomic E-state index is 0.0789. The molecule has 2 aromatic rings. The van der Waals surface area contributed by atoms with Crippen LogP contribution in [0.4, 0.5) is 10.5 Å². The molecular formula is C18H13ClN2O5. The molecule has 2 aromatic carbocycles. The number of anilines is 1. The number of aromatic hydroxyl groups is 1. The average molecular weight is 373 g/mol. The number of barbiturate groups is 1. The fourth-order valence-corrected chi connectivity index (χ4v) is 2.64. The summed E-state index contributed by atoms with van der Waals surface area (Å²) in [6.07, 6.45) is 1.31. The monoisotopic (exact) mass is 372 g/mol. The maximum Gasteiger partial charge on any atom is 0.335 e. The number of halogens is 1. The molecule has 0 bridgehead atoms. The number of urea groups is 1. The van der Waals surface area contributed by atoms with E-state index in [0.29, 0.717) is 10.6 Å². The summed E-state index contributed by atoms with van der Waals surface area (Å²) in [5.74, 6) is -1.49. The van der Waals surface area contributed by atoms with Crippen LogP contribution in [0.15, 0.2) is 48.0 Å². The lowest BCUT2D eigenvalue weighted by Crippen LogP contribution is -2.54. The van der Waals surface area contributed by atoms with Gasteiger partial charge < -0.3 is 9.84 Å². The molecule has 3 rings (SSSR count). The van der Waals surface area contributed by atoms with Crippen LogP contribution >= 0.6 is 11.6 Å². The van der Waals surface area contributed by atoms with Crippen molar-refractivity contribution in [3.8, 4) is 11.5 Å². The predicted octanol–water partition coefficient (Wildman–Crippen LogP) is 2.72. The zero-order valence-electron chi connectivity index (χ0n) is 13.5. The van der Waals surface area contributed by atoms with Gasteiger partial charge in [-0.3, -0.25) is 14.9 Å². The molecule has 0 atom stereocenters. The molecule has 4 amide bonds. The molecule has 0 unspecified atom stereocenters. The first-order valence-electron chi connectivity index (χ1n) is 7.44. The highest BCUT2D eigenvalue weighted by atomic mass is 35.5. The van der Waals surface area contributed by atoms with Gasteiger partial charge in [-0.1, -0.05) is 23.7 Å². The summed E-state index contributed by atoms with van der Waals surface area (Å²) in [4.78, 5) is 37.8. The number of hydrogen-bond donors (Lipinski definition) is 2. The van der Waals surface area contributed by atoms with Crippen molar-refractivity contribution in [3.63, 3.8) is 0 Å². The van der Waals surface area contributed by atoms with Gasteiger partial charge in [0.1, 0.15) is 5.57 Å². The number of carbonyl (C=O) groups excluding carboxylic acids is 3. The standard InChI is InChI=1S/C18H13ClN2O5/c1-26-15-8-10(5-6-14(15)22)7-13-16(23)20-18(25)21(17(13)24)12-4-2-3-11(19)9-12/h2-9,22H,1H3,(H,20,23,25)/b13-7-. The first-order valence-corrected chi connectivity index (χ1v) is 7.82. The number of carbonyl (C=O) groups is 3. The van der Waals surface area contributed by atoms with E-state index >= 15 is 0 Å². The Bertz CT molecular complexity index is 954. The number of phenols is 1. The maximum atomic E-state index is 12.7. The molecule has 1 heterocycles. The van der Waals surface area contributed by atoms with Crippen LogP contribution in [-0.2, 0) is 9.59 Å². The second kappa shape index (κ2) is 6.89. The number of imide groups is 2. The van der Waals surface area contributed by atoms with Crippen LogP contribution in [0, 0.1) is 0 Å². The van der Waals surface area contributed by atoms with Crippen LogP contribution in [-0.4, -0.2) is 30.1 Å². The van der Waals surface area contributed by atoms with Gasteiger partial charge >= 0.3 is 6.03 Å². The number of hydrogen-bond acceptors (Lipinski definition) is 5. The molecule has 0 saturated carbocycles. The van der Waals surface area contributed by atoms with Crippen LogP contribution in [0.1, 0.15) is 5.56 Å². The number of nitrogens with one attached hydrogen (secondary N) is 1. The smallest absolute Gasteiger partial charge is 0.335 e. The molecule has 1 aliphatic heterocycles.